The number of carbonyl (C=O) groups is 1. The van der Waals surface area contributed by atoms with E-state index in [1.54, 1.807) is 0 Å². The van der Waals surface area contributed by atoms with Gasteiger partial charge in [0.15, 0.2) is 0 Å². The fourth-order valence-corrected chi connectivity index (χ4v) is 1.75. The first-order chi connectivity index (χ1) is 8.93. The molecule has 8 heteroatoms. The van der Waals surface area contributed by atoms with Gasteiger partial charge in [0.05, 0.1) is 27.7 Å². The van der Waals surface area contributed by atoms with E-state index in [-0.39, 0.29) is 18.8 Å². The van der Waals surface area contributed by atoms with Crippen molar-refractivity contribution in [2.75, 3.05) is 40.9 Å². The highest BCUT2D eigenvalue weighted by Gasteiger charge is 2.16. The highest BCUT2D eigenvalue weighted by molar-refractivity contribution is 7.45. The molecule has 0 amide bonds. The van der Waals surface area contributed by atoms with Crippen molar-refractivity contribution < 1.29 is 32.5 Å². The number of carbonyl (C=O) groups excluding carboxylic acids is 1. The number of likely N-dealkylation sites (N-methyl/N-ethyl adjacent to an activating group) is 1. The average Bonchev–Trinajstić information content (AvgIpc) is 2.24. The summed E-state index contributed by atoms with van der Waals surface area (Å²) in [5, 5.41) is 0. The second-order valence-corrected chi connectivity index (χ2v) is 7.00. The Kier molecular flexibility index (Phi) is 7.62. The van der Waals surface area contributed by atoms with Gasteiger partial charge in [-0.15, -0.1) is 0 Å². The second kappa shape index (κ2) is 7.90. The van der Waals surface area contributed by atoms with E-state index in [1.807, 2.05) is 21.1 Å². The highest BCUT2D eigenvalue weighted by Crippen LogP contribution is 2.38. The minimum Gasteiger partial charge on any atom is -0.756 e. The summed E-state index contributed by atoms with van der Waals surface area (Å²) in [6.07, 6.45) is -0.705. The molecule has 2 atom stereocenters. The maximum atomic E-state index is 11.5. The van der Waals surface area contributed by atoms with Crippen LogP contribution in [0.2, 0.25) is 0 Å². The van der Waals surface area contributed by atoms with Crippen molar-refractivity contribution in [1.29, 1.82) is 0 Å². The van der Waals surface area contributed by atoms with Crippen LogP contribution in [0.5, 0.6) is 0 Å². The molecule has 0 aliphatic carbocycles. The molecule has 0 N–H and O–H groups in total. The molecule has 0 rings (SSSR count). The number of hydrogen-bond acceptors (Lipinski definition) is 6. The molecule has 0 aliphatic heterocycles. The molecule has 0 bridgehead atoms. The van der Waals surface area contributed by atoms with Gasteiger partial charge in [-0.2, -0.15) is 0 Å². The predicted molar refractivity (Wildman–Crippen MR) is 72.8 cm³/mol. The molecule has 0 fully saturated rings. The minimum atomic E-state index is -4.37. The number of nitrogens with zero attached hydrogens (tertiary/aromatic N) is 1. The van der Waals surface area contributed by atoms with Crippen LogP contribution in [-0.2, 0) is 23.1 Å². The molecule has 0 aromatic carbocycles. The second-order valence-electron chi connectivity index (χ2n) is 5.59. The maximum Gasteiger partial charge on any atom is 0.333 e. The molecule has 0 saturated heterocycles. The summed E-state index contributed by atoms with van der Waals surface area (Å²) in [5.41, 5.74) is 0.237. The first kappa shape index (κ1) is 19.3. The lowest BCUT2D eigenvalue weighted by molar-refractivity contribution is -0.870. The summed E-state index contributed by atoms with van der Waals surface area (Å²) in [6, 6.07) is 0. The van der Waals surface area contributed by atoms with Crippen LogP contribution in [0.15, 0.2) is 12.2 Å². The fraction of sp³-hybridized carbons (Fsp3) is 0.750. The monoisotopic (exact) mass is 309 g/mol. The number of ether oxygens (including phenoxy) is 1. The molecule has 0 saturated carbocycles. The van der Waals surface area contributed by atoms with Crippen molar-refractivity contribution in [3.05, 3.63) is 12.2 Å². The Hall–Kier alpha value is -0.720. The normalized spacial score (nSPS) is 16.3. The average molecular weight is 309 g/mol. The van der Waals surface area contributed by atoms with Crippen LogP contribution in [0.1, 0.15) is 13.8 Å². The van der Waals surface area contributed by atoms with Crippen LogP contribution in [0.25, 0.3) is 0 Å². The standard InChI is InChI=1S/C12H24NO6P/c1-10(2)12(14)19-11(3)9-18-20(15,16)17-8-7-13(4,5)6/h11H,1,7-9H2,2-6H3. The van der Waals surface area contributed by atoms with E-state index >= 15 is 0 Å². The van der Waals surface area contributed by atoms with Gasteiger partial charge in [0.25, 0.3) is 7.82 Å². The Labute approximate surface area is 120 Å². The zero-order valence-corrected chi connectivity index (χ0v) is 13.6. The molecule has 0 spiro atoms. The Bertz CT molecular complexity index is 390. The quantitative estimate of drug-likeness (QED) is 0.270. The zero-order valence-electron chi connectivity index (χ0n) is 12.7. The third kappa shape index (κ3) is 10.1. The Morgan fingerprint density at radius 1 is 1.35 bits per heavy atom. The Balaban J connectivity index is 4.06. The van der Waals surface area contributed by atoms with Crippen LogP contribution in [-0.4, -0.2) is 57.5 Å². The Morgan fingerprint density at radius 3 is 2.35 bits per heavy atom. The Morgan fingerprint density at radius 2 is 1.90 bits per heavy atom. The summed E-state index contributed by atoms with van der Waals surface area (Å²) >= 11 is 0. The van der Waals surface area contributed by atoms with E-state index in [4.69, 9.17) is 9.26 Å². The van der Waals surface area contributed by atoms with E-state index in [0.29, 0.717) is 11.0 Å². The summed E-state index contributed by atoms with van der Waals surface area (Å²) in [5.74, 6) is -0.590. The first-order valence-electron chi connectivity index (χ1n) is 6.20. The third-order valence-corrected chi connectivity index (χ3v) is 3.10. The van der Waals surface area contributed by atoms with Crippen LogP contribution in [0.4, 0.5) is 0 Å². The van der Waals surface area contributed by atoms with Gasteiger partial charge in [0.1, 0.15) is 19.3 Å². The molecule has 0 radical (unpaired) electrons. The summed E-state index contributed by atoms with van der Waals surface area (Å²) in [7, 11) is 1.37. The number of hydrogen-bond donors (Lipinski definition) is 0. The van der Waals surface area contributed by atoms with E-state index in [9.17, 15) is 14.3 Å². The fourth-order valence-electron chi connectivity index (χ4n) is 0.977. The van der Waals surface area contributed by atoms with E-state index in [2.05, 4.69) is 11.1 Å². The molecule has 118 valence electrons. The lowest BCUT2D eigenvalue weighted by Crippen LogP contribution is -2.37. The molecule has 2 unspecified atom stereocenters. The third-order valence-electron chi connectivity index (χ3n) is 2.14. The van der Waals surface area contributed by atoms with E-state index in [1.165, 1.54) is 13.8 Å². The number of quaternary nitrogens is 1. The van der Waals surface area contributed by atoms with E-state index < -0.39 is 19.9 Å². The zero-order chi connectivity index (χ0) is 16.0. The summed E-state index contributed by atoms with van der Waals surface area (Å²) in [6.45, 7) is 6.71. The maximum absolute atomic E-state index is 11.5. The molecular formula is C12H24NO6P. The highest BCUT2D eigenvalue weighted by atomic mass is 31.2. The van der Waals surface area contributed by atoms with Crippen molar-refractivity contribution in [3.63, 3.8) is 0 Å². The lowest BCUT2D eigenvalue weighted by atomic mass is 10.3. The number of esters is 1. The molecule has 0 aliphatic rings. The molecular weight excluding hydrogens is 285 g/mol. The van der Waals surface area contributed by atoms with Crippen molar-refractivity contribution in [2.45, 2.75) is 20.0 Å². The van der Waals surface area contributed by atoms with Gasteiger partial charge >= 0.3 is 5.97 Å². The van der Waals surface area contributed by atoms with Gasteiger partial charge in [-0.1, -0.05) is 6.58 Å². The van der Waals surface area contributed by atoms with Crippen LogP contribution < -0.4 is 4.89 Å². The smallest absolute Gasteiger partial charge is 0.333 e. The molecule has 20 heavy (non-hydrogen) atoms. The largest absolute Gasteiger partial charge is 0.756 e. The van der Waals surface area contributed by atoms with Crippen molar-refractivity contribution in [3.8, 4) is 0 Å². The summed E-state index contributed by atoms with van der Waals surface area (Å²) < 4.78 is 26.3. The van der Waals surface area contributed by atoms with Crippen LogP contribution in [0.3, 0.4) is 0 Å². The van der Waals surface area contributed by atoms with Gasteiger partial charge in [-0.25, -0.2) is 4.79 Å². The van der Waals surface area contributed by atoms with Gasteiger partial charge in [0.2, 0.25) is 0 Å². The van der Waals surface area contributed by atoms with Gasteiger partial charge in [-0.3, -0.25) is 4.57 Å². The lowest BCUT2D eigenvalue weighted by Gasteiger charge is -2.27. The SMILES string of the molecule is C=C(C)C(=O)OC(C)COP(=O)([O-])OCC[N+](C)(C)C. The molecule has 7 nitrogen and oxygen atoms in total. The number of phosphoric ester groups is 1. The molecule has 0 heterocycles. The van der Waals surface area contributed by atoms with Crippen LogP contribution >= 0.6 is 7.82 Å². The van der Waals surface area contributed by atoms with Crippen molar-refractivity contribution >= 4 is 13.8 Å². The first-order valence-corrected chi connectivity index (χ1v) is 7.66. The van der Waals surface area contributed by atoms with Crippen molar-refractivity contribution in [2.24, 2.45) is 0 Å². The van der Waals surface area contributed by atoms with Gasteiger partial charge in [-0.05, 0) is 13.8 Å². The van der Waals surface area contributed by atoms with Gasteiger partial charge in [0, 0.05) is 5.57 Å². The summed E-state index contributed by atoms with van der Waals surface area (Å²) in [4.78, 5) is 22.7. The number of phosphoric acid groups is 1. The van der Waals surface area contributed by atoms with Crippen molar-refractivity contribution in [1.82, 2.24) is 0 Å². The predicted octanol–water partition coefficient (Wildman–Crippen LogP) is 0.702. The molecule has 0 aromatic rings. The minimum absolute atomic E-state index is 0.0320. The number of rotatable bonds is 9. The topological polar surface area (TPSA) is 84.9 Å². The van der Waals surface area contributed by atoms with E-state index in [0.717, 1.165) is 0 Å². The van der Waals surface area contributed by atoms with Gasteiger partial charge < -0.3 is 23.2 Å². The molecule has 0 aromatic heterocycles. The van der Waals surface area contributed by atoms with Crippen LogP contribution in [0, 0.1) is 0 Å².